The van der Waals surface area contributed by atoms with Gasteiger partial charge < -0.3 is 10.6 Å². The van der Waals surface area contributed by atoms with Gasteiger partial charge in [0, 0.05) is 19.0 Å². The maximum atomic E-state index is 11.7. The van der Waals surface area contributed by atoms with Gasteiger partial charge in [0.25, 0.3) is 0 Å². The summed E-state index contributed by atoms with van der Waals surface area (Å²) in [6, 6.07) is 0. The molecule has 3 nitrogen and oxygen atoms in total. The van der Waals surface area contributed by atoms with Gasteiger partial charge in [-0.15, -0.1) is 0 Å². The normalized spacial score (nSPS) is 21.6. The van der Waals surface area contributed by atoms with Crippen LogP contribution in [0.5, 0.6) is 0 Å². The first-order valence-electron chi connectivity index (χ1n) is 5.60. The molecule has 0 aromatic heterocycles. The monoisotopic (exact) mass is 198 g/mol. The third kappa shape index (κ3) is 2.27. The van der Waals surface area contributed by atoms with E-state index in [1.54, 1.807) is 0 Å². The van der Waals surface area contributed by atoms with E-state index in [0.717, 1.165) is 32.4 Å². The molecule has 1 fully saturated rings. The lowest BCUT2D eigenvalue weighted by Crippen LogP contribution is -2.69. The maximum Gasteiger partial charge on any atom is 0.225 e. The minimum atomic E-state index is -0.0854. The molecule has 1 saturated heterocycles. The topological polar surface area (TPSA) is 46.3 Å². The zero-order valence-corrected chi connectivity index (χ0v) is 9.55. The Morgan fingerprint density at radius 3 is 2.50 bits per heavy atom. The molecule has 1 unspecified atom stereocenters. The van der Waals surface area contributed by atoms with Crippen LogP contribution in [0.2, 0.25) is 0 Å². The van der Waals surface area contributed by atoms with Gasteiger partial charge in [0.1, 0.15) is 0 Å². The Morgan fingerprint density at radius 2 is 2.07 bits per heavy atom. The fraction of sp³-hybridized carbons (Fsp3) is 0.909. The van der Waals surface area contributed by atoms with Crippen molar-refractivity contribution < 1.29 is 4.79 Å². The minimum absolute atomic E-state index is 0.0854. The molecule has 2 N–H and O–H groups in total. The smallest absolute Gasteiger partial charge is 0.225 e. The van der Waals surface area contributed by atoms with Crippen molar-refractivity contribution in [2.45, 2.75) is 45.6 Å². The minimum Gasteiger partial charge on any atom is -0.339 e. The van der Waals surface area contributed by atoms with Crippen LogP contribution in [0.3, 0.4) is 0 Å². The molecular weight excluding hydrogens is 176 g/mol. The van der Waals surface area contributed by atoms with Crippen molar-refractivity contribution in [3.05, 3.63) is 0 Å². The van der Waals surface area contributed by atoms with Crippen molar-refractivity contribution in [1.82, 2.24) is 4.90 Å². The van der Waals surface area contributed by atoms with Crippen LogP contribution in [-0.2, 0) is 4.79 Å². The van der Waals surface area contributed by atoms with E-state index in [1.807, 2.05) is 18.7 Å². The molecule has 0 saturated carbocycles. The second-order valence-electron chi connectivity index (χ2n) is 4.62. The predicted octanol–water partition coefficient (Wildman–Crippen LogP) is 1.37. The van der Waals surface area contributed by atoms with Crippen LogP contribution in [0.25, 0.3) is 0 Å². The molecule has 14 heavy (non-hydrogen) atoms. The summed E-state index contributed by atoms with van der Waals surface area (Å²) in [5, 5.41) is 0. The number of amides is 1. The van der Waals surface area contributed by atoms with Crippen molar-refractivity contribution in [2.24, 2.45) is 11.7 Å². The lowest BCUT2D eigenvalue weighted by atomic mass is 9.85. The Balaban J connectivity index is 2.37. The summed E-state index contributed by atoms with van der Waals surface area (Å²) >= 11 is 0. The molecular formula is C11H22N2O. The summed E-state index contributed by atoms with van der Waals surface area (Å²) in [4.78, 5) is 13.6. The van der Waals surface area contributed by atoms with E-state index in [-0.39, 0.29) is 17.4 Å². The molecule has 3 heteroatoms. The molecule has 1 aliphatic rings. The SMILES string of the molecule is CCCC1(N)CN(C(=O)C(C)CC)C1. The van der Waals surface area contributed by atoms with Gasteiger partial charge in [0.05, 0.1) is 5.54 Å². The Bertz CT molecular complexity index is 209. The quantitative estimate of drug-likeness (QED) is 0.741. The number of likely N-dealkylation sites (tertiary alicyclic amines) is 1. The molecule has 1 atom stereocenters. The fourth-order valence-electron chi connectivity index (χ4n) is 2.01. The van der Waals surface area contributed by atoms with Gasteiger partial charge in [0.2, 0.25) is 5.91 Å². The van der Waals surface area contributed by atoms with E-state index in [0.29, 0.717) is 0 Å². The first-order chi connectivity index (χ1) is 6.52. The van der Waals surface area contributed by atoms with Crippen molar-refractivity contribution in [3.63, 3.8) is 0 Å². The fourth-order valence-corrected chi connectivity index (χ4v) is 2.01. The number of nitrogens with zero attached hydrogens (tertiary/aromatic N) is 1. The standard InChI is InChI=1S/C11H22N2O/c1-4-6-11(12)7-13(8-11)10(14)9(3)5-2/h9H,4-8,12H2,1-3H3. The van der Waals surface area contributed by atoms with E-state index in [4.69, 9.17) is 5.73 Å². The number of hydrogen-bond donors (Lipinski definition) is 1. The van der Waals surface area contributed by atoms with Crippen LogP contribution in [-0.4, -0.2) is 29.4 Å². The zero-order chi connectivity index (χ0) is 10.8. The highest BCUT2D eigenvalue weighted by molar-refractivity contribution is 5.79. The van der Waals surface area contributed by atoms with Crippen molar-refractivity contribution in [2.75, 3.05) is 13.1 Å². The molecule has 0 radical (unpaired) electrons. The molecule has 1 heterocycles. The lowest BCUT2D eigenvalue weighted by molar-refractivity contribution is -0.142. The first-order valence-corrected chi connectivity index (χ1v) is 5.60. The van der Waals surface area contributed by atoms with Gasteiger partial charge in [-0.05, 0) is 12.8 Å². The highest BCUT2D eigenvalue weighted by Crippen LogP contribution is 2.25. The molecule has 1 rings (SSSR count). The zero-order valence-electron chi connectivity index (χ0n) is 9.55. The summed E-state index contributed by atoms with van der Waals surface area (Å²) in [5.41, 5.74) is 6.00. The van der Waals surface area contributed by atoms with Crippen molar-refractivity contribution >= 4 is 5.91 Å². The lowest BCUT2D eigenvalue weighted by Gasteiger charge is -2.48. The Morgan fingerprint density at radius 1 is 1.50 bits per heavy atom. The number of nitrogens with two attached hydrogens (primary N) is 1. The van der Waals surface area contributed by atoms with E-state index < -0.39 is 0 Å². The first kappa shape index (κ1) is 11.5. The van der Waals surface area contributed by atoms with Crippen molar-refractivity contribution in [1.29, 1.82) is 0 Å². The van der Waals surface area contributed by atoms with Gasteiger partial charge in [-0.25, -0.2) is 0 Å². The maximum absolute atomic E-state index is 11.7. The molecule has 0 aliphatic carbocycles. The predicted molar refractivity (Wildman–Crippen MR) is 57.9 cm³/mol. The second-order valence-corrected chi connectivity index (χ2v) is 4.62. The van der Waals surface area contributed by atoms with Crippen LogP contribution in [0, 0.1) is 5.92 Å². The van der Waals surface area contributed by atoms with E-state index >= 15 is 0 Å². The second kappa shape index (κ2) is 4.30. The van der Waals surface area contributed by atoms with Gasteiger partial charge >= 0.3 is 0 Å². The Kier molecular flexibility index (Phi) is 3.53. The summed E-state index contributed by atoms with van der Waals surface area (Å²) in [6.45, 7) is 7.67. The van der Waals surface area contributed by atoms with Crippen LogP contribution in [0.4, 0.5) is 0 Å². The third-order valence-electron chi connectivity index (χ3n) is 3.11. The van der Waals surface area contributed by atoms with Gasteiger partial charge in [0.15, 0.2) is 0 Å². The number of carbonyl (C=O) groups excluding carboxylic acids is 1. The number of rotatable bonds is 4. The van der Waals surface area contributed by atoms with Gasteiger partial charge in [-0.2, -0.15) is 0 Å². The summed E-state index contributed by atoms with van der Waals surface area (Å²) < 4.78 is 0. The average Bonchev–Trinajstić information content (AvgIpc) is 2.12. The van der Waals surface area contributed by atoms with E-state index in [9.17, 15) is 4.79 Å². The largest absolute Gasteiger partial charge is 0.339 e. The number of carbonyl (C=O) groups is 1. The molecule has 0 bridgehead atoms. The number of hydrogen-bond acceptors (Lipinski definition) is 2. The average molecular weight is 198 g/mol. The van der Waals surface area contributed by atoms with Crippen LogP contribution >= 0.6 is 0 Å². The molecule has 0 spiro atoms. The van der Waals surface area contributed by atoms with E-state index in [1.165, 1.54) is 0 Å². The summed E-state index contributed by atoms with van der Waals surface area (Å²) in [5.74, 6) is 0.422. The highest BCUT2D eigenvalue weighted by Gasteiger charge is 2.41. The van der Waals surface area contributed by atoms with Gasteiger partial charge in [-0.3, -0.25) is 4.79 Å². The van der Waals surface area contributed by atoms with Crippen LogP contribution in [0.1, 0.15) is 40.0 Å². The molecule has 1 amide bonds. The molecule has 82 valence electrons. The third-order valence-corrected chi connectivity index (χ3v) is 3.11. The van der Waals surface area contributed by atoms with Crippen LogP contribution in [0.15, 0.2) is 0 Å². The Hall–Kier alpha value is -0.570. The van der Waals surface area contributed by atoms with Crippen molar-refractivity contribution in [3.8, 4) is 0 Å². The Labute approximate surface area is 86.6 Å². The van der Waals surface area contributed by atoms with E-state index in [2.05, 4.69) is 6.92 Å². The summed E-state index contributed by atoms with van der Waals surface area (Å²) in [7, 11) is 0. The summed E-state index contributed by atoms with van der Waals surface area (Å²) in [6.07, 6.45) is 3.04. The molecule has 0 aromatic carbocycles. The highest BCUT2D eigenvalue weighted by atomic mass is 16.2. The molecule has 1 aliphatic heterocycles. The van der Waals surface area contributed by atoms with Crippen LogP contribution < -0.4 is 5.73 Å². The molecule has 0 aromatic rings. The van der Waals surface area contributed by atoms with Gasteiger partial charge in [-0.1, -0.05) is 27.2 Å².